The maximum Gasteiger partial charge on any atom is 0.232 e. The minimum Gasteiger partial charge on any atom is -0.504 e. The van der Waals surface area contributed by atoms with Crippen molar-refractivity contribution in [2.75, 3.05) is 0 Å². The lowest BCUT2D eigenvalue weighted by atomic mass is 9.86. The predicted molar refractivity (Wildman–Crippen MR) is 102 cm³/mol. The summed E-state index contributed by atoms with van der Waals surface area (Å²) < 4.78 is 5.46. The number of rotatable bonds is 2. The molecule has 1 aliphatic rings. The zero-order chi connectivity index (χ0) is 19.1. The van der Waals surface area contributed by atoms with E-state index < -0.39 is 5.75 Å². The third kappa shape index (κ3) is 3.36. The molecule has 4 nitrogen and oxygen atoms in total. The number of hydrogen-bond acceptors (Lipinski definition) is 4. The summed E-state index contributed by atoms with van der Waals surface area (Å²) in [7, 11) is 0. The molecule has 0 atom stereocenters. The summed E-state index contributed by atoms with van der Waals surface area (Å²) in [6.45, 7) is 8.38. The van der Waals surface area contributed by atoms with Gasteiger partial charge in [0.25, 0.3) is 0 Å². The summed E-state index contributed by atoms with van der Waals surface area (Å²) in [5.41, 5.74) is 3.46. The molecule has 2 N–H and O–H groups in total. The monoisotopic (exact) mass is 350 g/mol. The van der Waals surface area contributed by atoms with Gasteiger partial charge >= 0.3 is 0 Å². The number of aromatic hydroxyl groups is 2. The van der Waals surface area contributed by atoms with Gasteiger partial charge in [0.15, 0.2) is 17.3 Å². The van der Waals surface area contributed by atoms with Crippen LogP contribution in [0.3, 0.4) is 0 Å². The number of phenols is 2. The van der Waals surface area contributed by atoms with E-state index in [2.05, 4.69) is 32.9 Å². The smallest absolute Gasteiger partial charge is 0.232 e. The number of ketones is 1. The molecule has 0 aliphatic carbocycles. The minimum atomic E-state index is -0.418. The van der Waals surface area contributed by atoms with Crippen molar-refractivity contribution in [1.29, 1.82) is 0 Å². The number of phenolic OH excluding ortho intramolecular Hbond substituents is 2. The summed E-state index contributed by atoms with van der Waals surface area (Å²) in [6, 6.07) is 11.0. The molecule has 0 bridgehead atoms. The van der Waals surface area contributed by atoms with Gasteiger partial charge in [0.2, 0.25) is 11.5 Å². The van der Waals surface area contributed by atoms with E-state index in [-0.39, 0.29) is 34.0 Å². The lowest BCUT2D eigenvalue weighted by molar-refractivity contribution is 0.101. The highest BCUT2D eigenvalue weighted by Gasteiger charge is 2.31. The average Bonchev–Trinajstić information content (AvgIpc) is 2.87. The van der Waals surface area contributed by atoms with E-state index in [0.29, 0.717) is 0 Å². The van der Waals surface area contributed by atoms with E-state index in [9.17, 15) is 15.0 Å². The standard InChI is InChI=1S/C22H22O4/c1-13(11-14-5-7-15(8-6-14)22(2,3)4)12-18-19(24)16-9-10-17(23)20(25)21(16)26-18/h5-12,23,25H,1-4H3/b13-11+,18-12+. The molecular weight excluding hydrogens is 328 g/mol. The van der Waals surface area contributed by atoms with Crippen LogP contribution >= 0.6 is 0 Å². The molecule has 0 radical (unpaired) electrons. The summed E-state index contributed by atoms with van der Waals surface area (Å²) >= 11 is 0. The number of benzene rings is 2. The van der Waals surface area contributed by atoms with E-state index in [1.807, 2.05) is 25.1 Å². The molecule has 1 heterocycles. The highest BCUT2D eigenvalue weighted by atomic mass is 16.5. The molecule has 0 saturated carbocycles. The third-order valence-corrected chi connectivity index (χ3v) is 4.32. The first-order valence-corrected chi connectivity index (χ1v) is 8.45. The van der Waals surface area contributed by atoms with Gasteiger partial charge in [-0.3, -0.25) is 4.79 Å². The van der Waals surface area contributed by atoms with Crippen LogP contribution in [-0.4, -0.2) is 16.0 Å². The average molecular weight is 350 g/mol. The maximum atomic E-state index is 12.4. The second-order valence-corrected chi connectivity index (χ2v) is 7.51. The van der Waals surface area contributed by atoms with Crippen LogP contribution in [0.4, 0.5) is 0 Å². The Balaban J connectivity index is 1.85. The van der Waals surface area contributed by atoms with Crippen LogP contribution < -0.4 is 4.74 Å². The molecule has 3 rings (SSSR count). The lowest BCUT2D eigenvalue weighted by Crippen LogP contribution is -2.10. The van der Waals surface area contributed by atoms with E-state index in [1.165, 1.54) is 17.7 Å². The number of carbonyl (C=O) groups excluding carboxylic acids is 1. The first-order chi connectivity index (χ1) is 12.2. The SMILES string of the molecule is CC(=C\c1ccc(C(C)(C)C)cc1)/C=C1/Oc2c(ccc(O)c2O)C1=O. The van der Waals surface area contributed by atoms with E-state index in [4.69, 9.17) is 4.74 Å². The van der Waals surface area contributed by atoms with Gasteiger partial charge in [-0.2, -0.15) is 0 Å². The van der Waals surface area contributed by atoms with Gasteiger partial charge in [-0.25, -0.2) is 0 Å². The fourth-order valence-electron chi connectivity index (χ4n) is 2.82. The van der Waals surface area contributed by atoms with Crippen LogP contribution in [0, 0.1) is 0 Å². The van der Waals surface area contributed by atoms with E-state index in [1.54, 1.807) is 6.08 Å². The second kappa shape index (κ2) is 6.37. The Morgan fingerprint density at radius 1 is 1.04 bits per heavy atom. The Bertz CT molecular complexity index is 926. The molecule has 0 aromatic heterocycles. The number of hydrogen-bond donors (Lipinski definition) is 2. The molecule has 2 aromatic carbocycles. The Kier molecular flexibility index (Phi) is 4.36. The third-order valence-electron chi connectivity index (χ3n) is 4.32. The molecule has 4 heteroatoms. The van der Waals surface area contributed by atoms with Crippen molar-refractivity contribution in [3.63, 3.8) is 0 Å². The van der Waals surface area contributed by atoms with Crippen molar-refractivity contribution in [2.45, 2.75) is 33.1 Å². The Hall–Kier alpha value is -3.01. The number of allylic oxidation sites excluding steroid dienone is 3. The van der Waals surface area contributed by atoms with Crippen LogP contribution in [0.2, 0.25) is 0 Å². The van der Waals surface area contributed by atoms with Crippen LogP contribution in [0.5, 0.6) is 17.2 Å². The molecule has 0 amide bonds. The van der Waals surface area contributed by atoms with Crippen molar-refractivity contribution in [3.05, 3.63) is 70.5 Å². The fraction of sp³-hybridized carbons (Fsp3) is 0.227. The van der Waals surface area contributed by atoms with Gasteiger partial charge in [-0.05, 0) is 47.2 Å². The van der Waals surface area contributed by atoms with Gasteiger partial charge in [-0.1, -0.05) is 51.1 Å². The summed E-state index contributed by atoms with van der Waals surface area (Å²) in [5, 5.41) is 19.4. The van der Waals surface area contributed by atoms with Crippen molar-refractivity contribution in [3.8, 4) is 17.2 Å². The Morgan fingerprint density at radius 2 is 1.69 bits per heavy atom. The minimum absolute atomic E-state index is 0.00331. The summed E-state index contributed by atoms with van der Waals surface area (Å²) in [6.07, 6.45) is 3.59. The molecule has 0 saturated heterocycles. The van der Waals surface area contributed by atoms with Gasteiger partial charge in [0.1, 0.15) is 0 Å². The molecular formula is C22H22O4. The molecule has 0 unspecified atom stereocenters. The van der Waals surface area contributed by atoms with Crippen LogP contribution in [0.15, 0.2) is 53.8 Å². The molecule has 1 aliphatic heterocycles. The summed E-state index contributed by atoms with van der Waals surface area (Å²) in [5.74, 6) is -0.918. The van der Waals surface area contributed by atoms with Crippen LogP contribution in [-0.2, 0) is 5.41 Å². The fourth-order valence-corrected chi connectivity index (χ4v) is 2.82. The predicted octanol–water partition coefficient (Wildman–Crippen LogP) is 4.96. The van der Waals surface area contributed by atoms with Crippen LogP contribution in [0.1, 0.15) is 49.2 Å². The van der Waals surface area contributed by atoms with E-state index >= 15 is 0 Å². The highest BCUT2D eigenvalue weighted by molar-refractivity contribution is 6.13. The van der Waals surface area contributed by atoms with Crippen molar-refractivity contribution in [1.82, 2.24) is 0 Å². The zero-order valence-electron chi connectivity index (χ0n) is 15.3. The van der Waals surface area contributed by atoms with Crippen molar-refractivity contribution >= 4 is 11.9 Å². The molecule has 134 valence electrons. The van der Waals surface area contributed by atoms with Crippen LogP contribution in [0.25, 0.3) is 6.08 Å². The number of ether oxygens (including phenoxy) is 1. The molecule has 0 spiro atoms. The normalized spacial score (nSPS) is 15.9. The molecule has 0 fully saturated rings. The summed E-state index contributed by atoms with van der Waals surface area (Å²) in [4.78, 5) is 12.4. The van der Waals surface area contributed by atoms with Gasteiger partial charge < -0.3 is 14.9 Å². The van der Waals surface area contributed by atoms with Crippen molar-refractivity contribution in [2.24, 2.45) is 0 Å². The van der Waals surface area contributed by atoms with Gasteiger partial charge in [-0.15, -0.1) is 0 Å². The van der Waals surface area contributed by atoms with Crippen molar-refractivity contribution < 1.29 is 19.7 Å². The van der Waals surface area contributed by atoms with Gasteiger partial charge in [0, 0.05) is 0 Å². The quantitative estimate of drug-likeness (QED) is 0.593. The lowest BCUT2D eigenvalue weighted by Gasteiger charge is -2.18. The van der Waals surface area contributed by atoms with E-state index in [0.717, 1.165) is 11.1 Å². The largest absolute Gasteiger partial charge is 0.504 e. The highest BCUT2D eigenvalue weighted by Crippen LogP contribution is 2.44. The Morgan fingerprint density at radius 3 is 2.31 bits per heavy atom. The maximum absolute atomic E-state index is 12.4. The first-order valence-electron chi connectivity index (χ1n) is 8.45. The number of Topliss-reactive ketones (excluding diaryl/α,β-unsaturated/α-hetero) is 1. The number of fused-ring (bicyclic) bond motifs is 1. The molecule has 26 heavy (non-hydrogen) atoms. The topological polar surface area (TPSA) is 66.8 Å². The van der Waals surface area contributed by atoms with Gasteiger partial charge in [0.05, 0.1) is 5.56 Å². The second-order valence-electron chi connectivity index (χ2n) is 7.51. The first kappa shape index (κ1) is 17.8. The molecule has 2 aromatic rings. The number of carbonyl (C=O) groups is 1. The Labute approximate surface area is 153 Å². The zero-order valence-corrected chi connectivity index (χ0v) is 15.3.